The molecule has 0 aliphatic rings. The molecule has 1 aromatic rings. The fraction of sp³-hybridized carbons (Fsp3) is 0.600. The minimum atomic E-state index is -0.699. The van der Waals surface area contributed by atoms with Gasteiger partial charge in [-0.2, -0.15) is 0 Å². The third kappa shape index (κ3) is 5.59. The predicted molar refractivity (Wildman–Crippen MR) is 61.9 cm³/mol. The van der Waals surface area contributed by atoms with Gasteiger partial charge in [0.15, 0.2) is 0 Å². The number of aromatic nitrogens is 2. The van der Waals surface area contributed by atoms with Crippen LogP contribution in [0.4, 0.5) is 0 Å². The highest BCUT2D eigenvalue weighted by Gasteiger charge is 2.02. The standard InChI is InChI=1S/C10H17N3OS/c1-9(3-4-15(2)14)13-7-10-5-11-8-12-6-10/h5-6,8-9,13H,3-4,7H2,1-2H3. The summed E-state index contributed by atoms with van der Waals surface area (Å²) in [4.78, 5) is 7.87. The van der Waals surface area contributed by atoms with Crippen LogP contribution in [-0.4, -0.2) is 32.2 Å². The summed E-state index contributed by atoms with van der Waals surface area (Å²) in [5.74, 6) is 0.749. The fourth-order valence-corrected chi connectivity index (χ4v) is 1.84. The lowest BCUT2D eigenvalue weighted by molar-refractivity contribution is 0.533. The normalized spacial score (nSPS) is 14.8. The first-order valence-electron chi connectivity index (χ1n) is 4.96. The Morgan fingerprint density at radius 3 is 2.73 bits per heavy atom. The molecule has 1 rings (SSSR count). The Balaban J connectivity index is 2.22. The molecule has 0 fully saturated rings. The smallest absolute Gasteiger partial charge is 0.115 e. The summed E-state index contributed by atoms with van der Waals surface area (Å²) in [6.07, 6.45) is 7.77. The van der Waals surface area contributed by atoms with E-state index in [1.54, 1.807) is 18.6 Å². The van der Waals surface area contributed by atoms with Crippen molar-refractivity contribution in [2.75, 3.05) is 12.0 Å². The van der Waals surface area contributed by atoms with Gasteiger partial charge < -0.3 is 5.32 Å². The Morgan fingerprint density at radius 1 is 1.47 bits per heavy atom. The van der Waals surface area contributed by atoms with Gasteiger partial charge in [-0.25, -0.2) is 9.97 Å². The molecule has 5 heteroatoms. The highest BCUT2D eigenvalue weighted by atomic mass is 32.2. The van der Waals surface area contributed by atoms with Gasteiger partial charge in [-0.3, -0.25) is 4.21 Å². The number of hydrogen-bond acceptors (Lipinski definition) is 4. The van der Waals surface area contributed by atoms with E-state index in [4.69, 9.17) is 0 Å². The van der Waals surface area contributed by atoms with Crippen molar-refractivity contribution < 1.29 is 4.21 Å². The molecule has 1 heterocycles. The molecule has 0 saturated carbocycles. The van der Waals surface area contributed by atoms with E-state index in [0.717, 1.165) is 24.3 Å². The van der Waals surface area contributed by atoms with E-state index in [1.165, 1.54) is 6.33 Å². The summed E-state index contributed by atoms with van der Waals surface area (Å²) >= 11 is 0. The molecule has 0 aliphatic heterocycles. The fourth-order valence-electron chi connectivity index (χ4n) is 1.16. The number of nitrogens with one attached hydrogen (secondary N) is 1. The maximum Gasteiger partial charge on any atom is 0.115 e. The van der Waals surface area contributed by atoms with Crippen LogP contribution in [0, 0.1) is 0 Å². The van der Waals surface area contributed by atoms with Crippen LogP contribution in [0.1, 0.15) is 18.9 Å². The largest absolute Gasteiger partial charge is 0.310 e. The SMILES string of the molecule is CC(CCS(C)=O)NCc1cncnc1. The van der Waals surface area contributed by atoms with Crippen molar-refractivity contribution in [3.05, 3.63) is 24.3 Å². The van der Waals surface area contributed by atoms with Gasteiger partial charge >= 0.3 is 0 Å². The van der Waals surface area contributed by atoms with Crippen LogP contribution in [0.15, 0.2) is 18.7 Å². The monoisotopic (exact) mass is 227 g/mol. The minimum Gasteiger partial charge on any atom is -0.310 e. The van der Waals surface area contributed by atoms with Crippen LogP contribution in [0.25, 0.3) is 0 Å². The molecule has 0 aliphatic carbocycles. The molecule has 4 nitrogen and oxygen atoms in total. The summed E-state index contributed by atoms with van der Waals surface area (Å²) < 4.78 is 10.9. The maximum atomic E-state index is 10.9. The molecule has 1 N–H and O–H groups in total. The van der Waals surface area contributed by atoms with E-state index in [-0.39, 0.29) is 0 Å². The first kappa shape index (κ1) is 12.3. The van der Waals surface area contributed by atoms with Crippen molar-refractivity contribution in [3.63, 3.8) is 0 Å². The molecule has 0 radical (unpaired) electrons. The second-order valence-corrected chi connectivity index (χ2v) is 5.15. The Hall–Kier alpha value is -0.810. The maximum absolute atomic E-state index is 10.9. The molecule has 84 valence electrons. The van der Waals surface area contributed by atoms with Crippen LogP contribution in [-0.2, 0) is 17.3 Å². The minimum absolute atomic E-state index is 0.370. The summed E-state index contributed by atoms with van der Waals surface area (Å²) in [7, 11) is -0.699. The van der Waals surface area contributed by atoms with Gasteiger partial charge in [-0.1, -0.05) is 0 Å². The van der Waals surface area contributed by atoms with Gasteiger partial charge in [-0.05, 0) is 13.3 Å². The van der Waals surface area contributed by atoms with Crippen LogP contribution in [0.2, 0.25) is 0 Å². The summed E-state index contributed by atoms with van der Waals surface area (Å²) in [5, 5.41) is 3.34. The predicted octanol–water partition coefficient (Wildman–Crippen LogP) is 0.723. The van der Waals surface area contributed by atoms with E-state index in [2.05, 4.69) is 22.2 Å². The lowest BCUT2D eigenvalue weighted by Crippen LogP contribution is -2.27. The molecule has 0 saturated heterocycles. The summed E-state index contributed by atoms with van der Waals surface area (Å²) in [6, 6.07) is 0.370. The van der Waals surface area contributed by atoms with Crippen molar-refractivity contribution >= 4 is 10.8 Å². The van der Waals surface area contributed by atoms with Gasteiger partial charge in [-0.15, -0.1) is 0 Å². The van der Waals surface area contributed by atoms with Gasteiger partial charge in [0.05, 0.1) is 0 Å². The van der Waals surface area contributed by atoms with Gasteiger partial charge in [0.25, 0.3) is 0 Å². The molecule has 0 spiro atoms. The molecule has 2 unspecified atom stereocenters. The molecule has 15 heavy (non-hydrogen) atoms. The van der Waals surface area contributed by atoms with Crippen molar-refractivity contribution in [3.8, 4) is 0 Å². The van der Waals surface area contributed by atoms with E-state index >= 15 is 0 Å². The van der Waals surface area contributed by atoms with Crippen LogP contribution >= 0.6 is 0 Å². The van der Waals surface area contributed by atoms with E-state index in [1.807, 2.05) is 0 Å². The van der Waals surface area contributed by atoms with Crippen LogP contribution in [0.5, 0.6) is 0 Å². The average Bonchev–Trinajstić information content (AvgIpc) is 2.25. The zero-order valence-corrected chi connectivity index (χ0v) is 9.96. The Bertz CT molecular complexity index is 305. The zero-order chi connectivity index (χ0) is 11.1. The second kappa shape index (κ2) is 6.63. The van der Waals surface area contributed by atoms with Gasteiger partial charge in [0.1, 0.15) is 6.33 Å². The van der Waals surface area contributed by atoms with E-state index in [0.29, 0.717) is 6.04 Å². The van der Waals surface area contributed by atoms with Crippen molar-refractivity contribution in [1.82, 2.24) is 15.3 Å². The molecule has 0 aromatic carbocycles. The topological polar surface area (TPSA) is 54.9 Å². The van der Waals surface area contributed by atoms with Crippen molar-refractivity contribution in [2.24, 2.45) is 0 Å². The Labute approximate surface area is 93.0 Å². The quantitative estimate of drug-likeness (QED) is 0.778. The Morgan fingerprint density at radius 2 is 2.13 bits per heavy atom. The van der Waals surface area contributed by atoms with Gasteiger partial charge in [0.2, 0.25) is 0 Å². The van der Waals surface area contributed by atoms with E-state index in [9.17, 15) is 4.21 Å². The second-order valence-electron chi connectivity index (χ2n) is 3.59. The van der Waals surface area contributed by atoms with E-state index < -0.39 is 10.8 Å². The van der Waals surface area contributed by atoms with Crippen molar-refractivity contribution in [2.45, 2.75) is 25.9 Å². The summed E-state index contributed by atoms with van der Waals surface area (Å²) in [6.45, 7) is 2.86. The lowest BCUT2D eigenvalue weighted by atomic mass is 10.2. The molecule has 0 bridgehead atoms. The molecular weight excluding hydrogens is 210 g/mol. The first-order valence-corrected chi connectivity index (χ1v) is 6.68. The molecule has 2 atom stereocenters. The number of nitrogens with zero attached hydrogens (tertiary/aromatic N) is 2. The van der Waals surface area contributed by atoms with Crippen molar-refractivity contribution in [1.29, 1.82) is 0 Å². The van der Waals surface area contributed by atoms with Crippen LogP contribution < -0.4 is 5.32 Å². The molecule has 1 aromatic heterocycles. The molecule has 0 amide bonds. The Kier molecular flexibility index (Phi) is 5.42. The van der Waals surface area contributed by atoms with Gasteiger partial charge in [0, 0.05) is 53.4 Å². The lowest BCUT2D eigenvalue weighted by Gasteiger charge is -2.12. The average molecular weight is 227 g/mol. The highest BCUT2D eigenvalue weighted by Crippen LogP contribution is 1.97. The zero-order valence-electron chi connectivity index (χ0n) is 9.14. The van der Waals surface area contributed by atoms with Crippen LogP contribution in [0.3, 0.4) is 0 Å². The summed E-state index contributed by atoms with van der Waals surface area (Å²) in [5.41, 5.74) is 1.07. The molecular formula is C10H17N3OS. The highest BCUT2D eigenvalue weighted by molar-refractivity contribution is 7.84. The first-order chi connectivity index (χ1) is 7.18. The third-order valence-electron chi connectivity index (χ3n) is 2.11. The third-order valence-corrected chi connectivity index (χ3v) is 2.92. The number of rotatable bonds is 6. The number of hydrogen-bond donors (Lipinski definition) is 1.